The third-order valence-corrected chi connectivity index (χ3v) is 5.83. The second-order valence-electron chi connectivity index (χ2n) is 7.47. The summed E-state index contributed by atoms with van der Waals surface area (Å²) in [5.41, 5.74) is 6.40. The number of unbranched alkanes of at least 4 members (excludes halogenated alkanes) is 1. The van der Waals surface area contributed by atoms with Crippen molar-refractivity contribution in [2.24, 2.45) is 0 Å². The molecule has 0 atom stereocenters. The molecule has 2 heteroatoms. The van der Waals surface area contributed by atoms with E-state index in [1.54, 1.807) is 22.5 Å². The van der Waals surface area contributed by atoms with Crippen molar-refractivity contribution in [1.82, 2.24) is 0 Å². The Hall–Kier alpha value is -1.70. The van der Waals surface area contributed by atoms with Gasteiger partial charge < -0.3 is 0 Å². The number of hydrogen-bond acceptors (Lipinski definition) is 0. The molecule has 0 radical (unpaired) electrons. The average molecular weight is 322 g/mol. The summed E-state index contributed by atoms with van der Waals surface area (Å²) in [5.74, 6) is 0. The zero-order valence-electron chi connectivity index (χ0n) is 14.8. The Balaban J connectivity index is 1.36. The fourth-order valence-electron chi connectivity index (χ4n) is 4.53. The number of aryl methyl sites for hydroxylation is 4. The SMILES string of the molecule is c1cc2c([n+](CCCC[n+]3cccc4c3CCCC4)c1)CCCC2. The standard InChI is InChI=1S/C22H30N2/c1-3-13-21-19(9-1)11-7-17-23(21)15-5-6-16-24-18-8-12-20-10-2-4-14-22(20)24/h7-8,11-12,17-18H,1-6,9-10,13-16H2/q+2. The van der Waals surface area contributed by atoms with Crippen molar-refractivity contribution in [2.45, 2.75) is 77.3 Å². The van der Waals surface area contributed by atoms with Crippen molar-refractivity contribution in [3.8, 4) is 0 Å². The minimum atomic E-state index is 1.18. The van der Waals surface area contributed by atoms with Crippen LogP contribution < -0.4 is 9.13 Å². The molecule has 24 heavy (non-hydrogen) atoms. The fraction of sp³-hybridized carbons (Fsp3) is 0.545. The molecule has 0 amide bonds. The van der Waals surface area contributed by atoms with Gasteiger partial charge in [0.05, 0.1) is 0 Å². The van der Waals surface area contributed by atoms with E-state index < -0.39 is 0 Å². The third kappa shape index (κ3) is 3.38. The number of rotatable bonds is 5. The van der Waals surface area contributed by atoms with E-state index in [0.29, 0.717) is 0 Å². The number of nitrogens with zero attached hydrogens (tertiary/aromatic N) is 2. The van der Waals surface area contributed by atoms with Gasteiger partial charge in [-0.15, -0.1) is 0 Å². The second-order valence-corrected chi connectivity index (χ2v) is 7.47. The van der Waals surface area contributed by atoms with Crippen LogP contribution in [0.1, 0.15) is 61.0 Å². The number of fused-ring (bicyclic) bond motifs is 2. The van der Waals surface area contributed by atoms with Gasteiger partial charge in [-0.25, -0.2) is 9.13 Å². The van der Waals surface area contributed by atoms with Crippen molar-refractivity contribution in [3.63, 3.8) is 0 Å². The van der Waals surface area contributed by atoms with Crippen LogP contribution in [0.25, 0.3) is 0 Å². The molecule has 0 spiro atoms. The highest BCUT2D eigenvalue weighted by atomic mass is 15.0. The lowest BCUT2D eigenvalue weighted by Crippen LogP contribution is -2.42. The lowest BCUT2D eigenvalue weighted by molar-refractivity contribution is -0.715. The smallest absolute Gasteiger partial charge is 0.184 e. The third-order valence-electron chi connectivity index (χ3n) is 5.83. The molecular formula is C22H30N2+2. The first-order valence-electron chi connectivity index (χ1n) is 9.92. The van der Waals surface area contributed by atoms with Gasteiger partial charge in [0.25, 0.3) is 0 Å². The number of pyridine rings is 2. The average Bonchev–Trinajstić information content (AvgIpc) is 2.65. The van der Waals surface area contributed by atoms with E-state index in [2.05, 4.69) is 45.8 Å². The predicted molar refractivity (Wildman–Crippen MR) is 95.8 cm³/mol. The van der Waals surface area contributed by atoms with Crippen molar-refractivity contribution >= 4 is 0 Å². The van der Waals surface area contributed by atoms with Crippen LogP contribution in [0.2, 0.25) is 0 Å². The first kappa shape index (κ1) is 15.8. The summed E-state index contributed by atoms with van der Waals surface area (Å²) in [4.78, 5) is 0. The molecule has 0 N–H and O–H groups in total. The van der Waals surface area contributed by atoms with E-state index in [9.17, 15) is 0 Å². The van der Waals surface area contributed by atoms with Gasteiger partial charge in [0, 0.05) is 48.9 Å². The zero-order chi connectivity index (χ0) is 16.2. The molecular weight excluding hydrogens is 292 g/mol. The van der Waals surface area contributed by atoms with Crippen molar-refractivity contribution in [3.05, 3.63) is 59.2 Å². The van der Waals surface area contributed by atoms with Gasteiger partial charge in [-0.1, -0.05) is 0 Å². The van der Waals surface area contributed by atoms with Gasteiger partial charge in [0.1, 0.15) is 13.1 Å². The van der Waals surface area contributed by atoms with E-state index in [-0.39, 0.29) is 0 Å². The van der Waals surface area contributed by atoms with Crippen molar-refractivity contribution in [2.75, 3.05) is 0 Å². The molecule has 2 nitrogen and oxygen atoms in total. The minimum Gasteiger partial charge on any atom is -0.202 e. The molecule has 2 aromatic heterocycles. The molecule has 0 aromatic carbocycles. The van der Waals surface area contributed by atoms with Crippen LogP contribution in [0.5, 0.6) is 0 Å². The van der Waals surface area contributed by atoms with Crippen LogP contribution in [0, 0.1) is 0 Å². The van der Waals surface area contributed by atoms with Gasteiger partial charge in [-0.2, -0.15) is 0 Å². The molecule has 4 rings (SSSR count). The van der Waals surface area contributed by atoms with Crippen LogP contribution in [-0.4, -0.2) is 0 Å². The maximum absolute atomic E-state index is 2.53. The van der Waals surface area contributed by atoms with E-state index in [1.807, 2.05) is 0 Å². The first-order chi connectivity index (χ1) is 11.9. The second kappa shape index (κ2) is 7.46. The summed E-state index contributed by atoms with van der Waals surface area (Å²) in [6, 6.07) is 9.15. The monoisotopic (exact) mass is 322 g/mol. The Bertz CT molecular complexity index is 644. The molecule has 0 saturated heterocycles. The molecule has 2 heterocycles. The van der Waals surface area contributed by atoms with Crippen LogP contribution in [0.3, 0.4) is 0 Å². The molecule has 2 aliphatic carbocycles. The Morgan fingerprint density at radius 3 is 1.58 bits per heavy atom. The van der Waals surface area contributed by atoms with Gasteiger partial charge in [-0.05, 0) is 50.7 Å². The molecule has 0 saturated carbocycles. The summed E-state index contributed by atoms with van der Waals surface area (Å²) in [6.45, 7) is 2.36. The summed E-state index contributed by atoms with van der Waals surface area (Å²) in [6.07, 6.45) is 17.7. The highest BCUT2D eigenvalue weighted by Gasteiger charge is 2.21. The van der Waals surface area contributed by atoms with Crippen LogP contribution in [0.4, 0.5) is 0 Å². The topological polar surface area (TPSA) is 7.76 Å². The van der Waals surface area contributed by atoms with Crippen LogP contribution in [0.15, 0.2) is 36.7 Å². The van der Waals surface area contributed by atoms with Crippen molar-refractivity contribution < 1.29 is 9.13 Å². The Morgan fingerprint density at radius 1 is 0.625 bits per heavy atom. The number of aromatic nitrogens is 2. The van der Waals surface area contributed by atoms with Gasteiger partial charge in [0.15, 0.2) is 23.8 Å². The molecule has 0 aliphatic heterocycles. The Kier molecular flexibility index (Phi) is 4.91. The fourth-order valence-corrected chi connectivity index (χ4v) is 4.53. The lowest BCUT2D eigenvalue weighted by Gasteiger charge is -2.14. The predicted octanol–water partition coefficient (Wildman–Crippen LogP) is 3.50. The summed E-state index contributed by atoms with van der Waals surface area (Å²) in [5, 5.41) is 0. The molecule has 2 aromatic rings. The Labute approximate surface area is 146 Å². The van der Waals surface area contributed by atoms with Gasteiger partial charge in [-0.3, -0.25) is 0 Å². The van der Waals surface area contributed by atoms with E-state index in [1.165, 1.54) is 77.3 Å². The Morgan fingerprint density at radius 2 is 1.08 bits per heavy atom. The molecule has 0 fully saturated rings. The van der Waals surface area contributed by atoms with E-state index in [4.69, 9.17) is 0 Å². The highest BCUT2D eigenvalue weighted by Crippen LogP contribution is 2.18. The quantitative estimate of drug-likeness (QED) is 0.588. The number of hydrogen-bond donors (Lipinski definition) is 0. The first-order valence-corrected chi connectivity index (χ1v) is 9.92. The van der Waals surface area contributed by atoms with Crippen molar-refractivity contribution in [1.29, 1.82) is 0 Å². The molecule has 126 valence electrons. The molecule has 0 bridgehead atoms. The summed E-state index contributed by atoms with van der Waals surface area (Å²) >= 11 is 0. The van der Waals surface area contributed by atoms with E-state index >= 15 is 0 Å². The molecule has 2 aliphatic rings. The maximum atomic E-state index is 2.53. The molecule has 0 unspecified atom stereocenters. The minimum absolute atomic E-state index is 1.18. The normalized spacial score (nSPS) is 16.5. The van der Waals surface area contributed by atoms with Gasteiger partial charge in [0.2, 0.25) is 0 Å². The lowest BCUT2D eigenvalue weighted by atomic mass is 9.95. The van der Waals surface area contributed by atoms with Gasteiger partial charge >= 0.3 is 0 Å². The largest absolute Gasteiger partial charge is 0.202 e. The summed E-state index contributed by atoms with van der Waals surface area (Å²) in [7, 11) is 0. The van der Waals surface area contributed by atoms with Crippen LogP contribution >= 0.6 is 0 Å². The van der Waals surface area contributed by atoms with E-state index in [0.717, 1.165) is 0 Å². The zero-order valence-corrected chi connectivity index (χ0v) is 14.8. The van der Waals surface area contributed by atoms with Crippen LogP contribution in [-0.2, 0) is 38.8 Å². The summed E-state index contributed by atoms with van der Waals surface area (Å²) < 4.78 is 5.05. The maximum Gasteiger partial charge on any atom is 0.184 e. The highest BCUT2D eigenvalue weighted by molar-refractivity contribution is 5.18.